The maximum atomic E-state index is 13.2. The molecule has 3 aromatic carbocycles. The van der Waals surface area contributed by atoms with E-state index in [0.29, 0.717) is 32.4 Å². The maximum absolute atomic E-state index is 13.2. The molecule has 2 aliphatic heterocycles. The molecule has 0 spiro atoms. The molecule has 2 saturated heterocycles. The Bertz CT molecular complexity index is 1180. The minimum absolute atomic E-state index is 0.0682. The van der Waals surface area contributed by atoms with Crippen molar-refractivity contribution < 1.29 is 14.3 Å². The summed E-state index contributed by atoms with van der Waals surface area (Å²) in [6.45, 7) is 3.79. The van der Waals surface area contributed by atoms with Gasteiger partial charge in [-0.15, -0.1) is 0 Å². The lowest BCUT2D eigenvalue weighted by Gasteiger charge is -2.41. The summed E-state index contributed by atoms with van der Waals surface area (Å²) in [5.74, 6) is 0.157. The minimum atomic E-state index is -0.732. The van der Waals surface area contributed by atoms with Crippen LogP contribution in [0.4, 0.5) is 4.79 Å². The molecule has 6 heteroatoms. The van der Waals surface area contributed by atoms with Crippen LogP contribution in [0.25, 0.3) is 0 Å². The number of nitrogens with one attached hydrogen (secondary N) is 1. The quantitative estimate of drug-likeness (QED) is 0.455. The zero-order valence-corrected chi connectivity index (χ0v) is 21.9. The third-order valence-electron chi connectivity index (χ3n) is 7.83. The van der Waals surface area contributed by atoms with Gasteiger partial charge in [-0.2, -0.15) is 0 Å². The third kappa shape index (κ3) is 6.62. The Morgan fingerprint density at radius 3 is 2.08 bits per heavy atom. The molecule has 0 radical (unpaired) electrons. The van der Waals surface area contributed by atoms with Crippen molar-refractivity contribution in [3.05, 3.63) is 108 Å². The highest BCUT2D eigenvalue weighted by Gasteiger charge is 2.41. The second-order valence-corrected chi connectivity index (χ2v) is 10.5. The van der Waals surface area contributed by atoms with Crippen molar-refractivity contribution in [3.8, 4) is 0 Å². The number of hydrogen-bond donors (Lipinski definition) is 1. The number of nitrogens with zero attached hydrogens (tertiary/aromatic N) is 2. The molecule has 5 rings (SSSR count). The molecule has 2 amide bonds. The fourth-order valence-electron chi connectivity index (χ4n) is 5.67. The summed E-state index contributed by atoms with van der Waals surface area (Å²) < 4.78 is 6.23. The first-order valence-electron chi connectivity index (χ1n) is 13.7. The number of carbonyl (C=O) groups is 2. The number of hydrogen-bond acceptors (Lipinski definition) is 4. The molecule has 2 aliphatic rings. The van der Waals surface area contributed by atoms with Crippen molar-refractivity contribution in [2.75, 3.05) is 26.2 Å². The van der Waals surface area contributed by atoms with Crippen LogP contribution in [0.1, 0.15) is 42.4 Å². The number of likely N-dealkylation sites (tertiary alicyclic amines) is 2. The largest absolute Gasteiger partial charge is 0.438 e. The molecule has 38 heavy (non-hydrogen) atoms. The number of ether oxygens (including phenoxy) is 1. The number of piperidine rings is 1. The van der Waals surface area contributed by atoms with Crippen LogP contribution in [0.15, 0.2) is 91.0 Å². The van der Waals surface area contributed by atoms with Gasteiger partial charge in [-0.25, -0.2) is 4.79 Å². The van der Waals surface area contributed by atoms with Gasteiger partial charge >= 0.3 is 6.09 Å². The van der Waals surface area contributed by atoms with Gasteiger partial charge in [-0.1, -0.05) is 91.0 Å². The van der Waals surface area contributed by atoms with Crippen LogP contribution in [0.2, 0.25) is 0 Å². The van der Waals surface area contributed by atoms with Crippen molar-refractivity contribution in [1.29, 1.82) is 0 Å². The van der Waals surface area contributed by atoms with Crippen molar-refractivity contribution in [1.82, 2.24) is 15.1 Å². The highest BCUT2D eigenvalue weighted by molar-refractivity contribution is 5.76. The van der Waals surface area contributed by atoms with Gasteiger partial charge in [0.05, 0.1) is 0 Å². The number of aryl methyl sites for hydroxylation is 1. The summed E-state index contributed by atoms with van der Waals surface area (Å²) in [4.78, 5) is 30.4. The minimum Gasteiger partial charge on any atom is -0.438 e. The van der Waals surface area contributed by atoms with Crippen molar-refractivity contribution in [2.45, 2.75) is 50.3 Å². The molecule has 0 aliphatic carbocycles. The normalized spacial score (nSPS) is 19.2. The Kier molecular flexibility index (Phi) is 8.39. The Labute approximate surface area is 225 Å². The first kappa shape index (κ1) is 26.0. The Balaban J connectivity index is 1.16. The van der Waals surface area contributed by atoms with Crippen LogP contribution in [0.5, 0.6) is 0 Å². The molecular weight excluding hydrogens is 474 g/mol. The zero-order chi connectivity index (χ0) is 26.2. The third-order valence-corrected chi connectivity index (χ3v) is 7.83. The van der Waals surface area contributed by atoms with E-state index in [1.807, 2.05) is 59.5 Å². The van der Waals surface area contributed by atoms with Gasteiger partial charge in [-0.3, -0.25) is 9.69 Å². The number of amides is 2. The van der Waals surface area contributed by atoms with Crippen LogP contribution in [-0.4, -0.2) is 54.0 Å². The van der Waals surface area contributed by atoms with E-state index < -0.39 is 5.60 Å². The van der Waals surface area contributed by atoms with Crippen LogP contribution >= 0.6 is 0 Å². The highest BCUT2D eigenvalue weighted by atomic mass is 16.6. The van der Waals surface area contributed by atoms with Gasteiger partial charge in [0.15, 0.2) is 0 Å². The average molecular weight is 512 g/mol. The maximum Gasteiger partial charge on any atom is 0.408 e. The molecule has 1 atom stereocenters. The number of carbonyl (C=O) groups excluding carboxylic acids is 2. The van der Waals surface area contributed by atoms with Crippen molar-refractivity contribution in [2.24, 2.45) is 0 Å². The molecule has 1 N–H and O–H groups in total. The van der Waals surface area contributed by atoms with E-state index in [1.54, 1.807) is 0 Å². The second kappa shape index (κ2) is 12.3. The van der Waals surface area contributed by atoms with Crippen LogP contribution in [0, 0.1) is 0 Å². The number of alkyl carbamates (subject to hydrolysis) is 1. The molecule has 6 nitrogen and oxygen atoms in total. The van der Waals surface area contributed by atoms with Gasteiger partial charge in [0.25, 0.3) is 0 Å². The first-order valence-corrected chi connectivity index (χ1v) is 13.7. The molecule has 2 heterocycles. The summed E-state index contributed by atoms with van der Waals surface area (Å²) in [5.41, 5.74) is 2.71. The summed E-state index contributed by atoms with van der Waals surface area (Å²) in [6.07, 6.45) is 2.94. The van der Waals surface area contributed by atoms with Crippen LogP contribution in [0.3, 0.4) is 0 Å². The SMILES string of the molecule is O=C(NC1CCN(Cc2ccccc2)C1)OC1(c2ccccc2)CCN(C(=O)CCc2ccccc2)CC1. The number of rotatable bonds is 8. The molecule has 1 unspecified atom stereocenters. The van der Waals surface area contributed by atoms with E-state index >= 15 is 0 Å². The molecule has 3 aromatic rings. The molecule has 2 fully saturated rings. The average Bonchev–Trinajstić information content (AvgIpc) is 3.39. The highest BCUT2D eigenvalue weighted by Crippen LogP contribution is 2.37. The number of benzene rings is 3. The lowest BCUT2D eigenvalue weighted by molar-refractivity contribution is -0.135. The molecular formula is C32H37N3O3. The van der Waals surface area contributed by atoms with E-state index in [4.69, 9.17) is 4.74 Å². The Hall–Kier alpha value is -3.64. The summed E-state index contributed by atoms with van der Waals surface area (Å²) >= 11 is 0. The summed E-state index contributed by atoms with van der Waals surface area (Å²) in [5, 5.41) is 3.13. The molecule has 0 aromatic heterocycles. The summed E-state index contributed by atoms with van der Waals surface area (Å²) in [7, 11) is 0. The fraction of sp³-hybridized carbons (Fsp3) is 0.375. The standard InChI is InChI=1S/C32H37N3O3/c36-30(17-16-26-10-4-1-5-11-26)35-22-19-32(20-23-35,28-14-8-3-9-15-28)38-31(37)33-29-18-21-34(25-29)24-27-12-6-2-7-13-27/h1-15,29H,16-25H2,(H,33,37). The lowest BCUT2D eigenvalue weighted by Crippen LogP contribution is -2.49. The van der Waals surface area contributed by atoms with Gasteiger partial charge < -0.3 is 15.0 Å². The van der Waals surface area contributed by atoms with E-state index in [2.05, 4.69) is 46.6 Å². The molecule has 0 bridgehead atoms. The van der Waals surface area contributed by atoms with E-state index in [0.717, 1.165) is 38.0 Å². The fourth-order valence-corrected chi connectivity index (χ4v) is 5.67. The van der Waals surface area contributed by atoms with Gasteiger partial charge in [0, 0.05) is 58.0 Å². The summed E-state index contributed by atoms with van der Waals surface area (Å²) in [6, 6.07) is 30.6. The predicted octanol–water partition coefficient (Wildman–Crippen LogP) is 5.14. The van der Waals surface area contributed by atoms with E-state index in [1.165, 1.54) is 11.1 Å². The van der Waals surface area contributed by atoms with Gasteiger partial charge in [0.2, 0.25) is 5.91 Å². The topological polar surface area (TPSA) is 61.9 Å². The smallest absolute Gasteiger partial charge is 0.408 e. The Morgan fingerprint density at radius 1 is 0.816 bits per heavy atom. The van der Waals surface area contributed by atoms with Crippen molar-refractivity contribution >= 4 is 12.0 Å². The van der Waals surface area contributed by atoms with E-state index in [9.17, 15) is 9.59 Å². The zero-order valence-electron chi connectivity index (χ0n) is 21.9. The Morgan fingerprint density at radius 2 is 1.42 bits per heavy atom. The van der Waals surface area contributed by atoms with Crippen LogP contribution < -0.4 is 5.32 Å². The monoisotopic (exact) mass is 511 g/mol. The molecule has 0 saturated carbocycles. The van der Waals surface area contributed by atoms with Crippen molar-refractivity contribution in [3.63, 3.8) is 0 Å². The van der Waals surface area contributed by atoms with Crippen LogP contribution in [-0.2, 0) is 28.1 Å². The van der Waals surface area contributed by atoms with E-state index in [-0.39, 0.29) is 18.0 Å². The van der Waals surface area contributed by atoms with Gasteiger partial charge in [0.1, 0.15) is 5.60 Å². The second-order valence-electron chi connectivity index (χ2n) is 10.5. The first-order chi connectivity index (χ1) is 18.6. The van der Waals surface area contributed by atoms with Gasteiger partial charge in [-0.05, 0) is 29.5 Å². The molecule has 198 valence electrons. The predicted molar refractivity (Wildman–Crippen MR) is 148 cm³/mol. The lowest BCUT2D eigenvalue weighted by atomic mass is 9.84.